The van der Waals surface area contributed by atoms with Gasteiger partial charge in [-0.2, -0.15) is 0 Å². The topological polar surface area (TPSA) is 43.6 Å². The van der Waals surface area contributed by atoms with Crippen molar-refractivity contribution in [1.82, 2.24) is 9.38 Å². The van der Waals surface area contributed by atoms with Crippen LogP contribution in [0.4, 0.5) is 0 Å². The number of imidazole rings is 1. The number of hydrogen-bond acceptors (Lipinski definition) is 3. The molecule has 6 rings (SSSR count). The predicted molar refractivity (Wildman–Crippen MR) is 96.5 cm³/mol. The molecule has 0 aliphatic carbocycles. The Bertz CT molecular complexity index is 1410. The molecule has 0 saturated heterocycles. The SMILES string of the molecule is [Ir].[c-]1cc2c(cc1-c1ncc3oc4ccccc4n13)oc1ccccc12. The number of nitrogens with zero attached hydrogens (tertiary/aromatic N) is 2. The van der Waals surface area contributed by atoms with Crippen molar-refractivity contribution in [2.45, 2.75) is 0 Å². The molecule has 0 unspecified atom stereocenters. The van der Waals surface area contributed by atoms with E-state index in [1.165, 1.54) is 0 Å². The van der Waals surface area contributed by atoms with Crippen molar-refractivity contribution in [2.24, 2.45) is 0 Å². The molecular formula is C21H11IrN2O2-. The average molecular weight is 516 g/mol. The molecule has 1 radical (unpaired) electrons. The number of rotatable bonds is 1. The van der Waals surface area contributed by atoms with Crippen LogP contribution in [0.1, 0.15) is 0 Å². The van der Waals surface area contributed by atoms with Gasteiger partial charge in [-0.05, 0) is 23.6 Å². The summed E-state index contributed by atoms with van der Waals surface area (Å²) >= 11 is 0. The molecule has 3 aromatic carbocycles. The maximum atomic E-state index is 5.99. The molecule has 127 valence electrons. The number of hydrogen-bond donors (Lipinski definition) is 0. The number of furan rings is 1. The maximum Gasteiger partial charge on any atom is 0.215 e. The van der Waals surface area contributed by atoms with Crippen LogP contribution in [-0.4, -0.2) is 9.38 Å². The van der Waals surface area contributed by atoms with E-state index in [9.17, 15) is 0 Å². The Balaban J connectivity index is 0.00000150. The Kier molecular flexibility index (Phi) is 3.29. The first-order chi connectivity index (χ1) is 12.4. The van der Waals surface area contributed by atoms with Crippen molar-refractivity contribution < 1.29 is 28.9 Å². The van der Waals surface area contributed by atoms with Gasteiger partial charge in [-0.25, -0.2) is 0 Å². The van der Waals surface area contributed by atoms with E-state index in [4.69, 9.17) is 8.83 Å². The van der Waals surface area contributed by atoms with E-state index in [2.05, 4.69) is 17.1 Å². The van der Waals surface area contributed by atoms with Crippen LogP contribution >= 0.6 is 0 Å². The van der Waals surface area contributed by atoms with Gasteiger partial charge < -0.3 is 13.2 Å². The van der Waals surface area contributed by atoms with E-state index >= 15 is 0 Å². The summed E-state index contributed by atoms with van der Waals surface area (Å²) in [5, 5.41) is 2.16. The molecule has 0 aliphatic heterocycles. The summed E-state index contributed by atoms with van der Waals surface area (Å²) in [5.74, 6) is 0.794. The summed E-state index contributed by atoms with van der Waals surface area (Å²) in [6.07, 6.45) is 1.74. The van der Waals surface area contributed by atoms with Crippen LogP contribution in [0.15, 0.2) is 75.7 Å². The van der Waals surface area contributed by atoms with Crippen molar-refractivity contribution in [3.8, 4) is 11.4 Å². The third-order valence-electron chi connectivity index (χ3n) is 4.60. The number of benzene rings is 3. The molecule has 0 N–H and O–H groups in total. The summed E-state index contributed by atoms with van der Waals surface area (Å²) in [7, 11) is 0. The Morgan fingerprint density at radius 1 is 0.846 bits per heavy atom. The van der Waals surface area contributed by atoms with Gasteiger partial charge in [0.2, 0.25) is 5.71 Å². The van der Waals surface area contributed by atoms with Crippen molar-refractivity contribution in [2.75, 3.05) is 0 Å². The fourth-order valence-electron chi connectivity index (χ4n) is 3.46. The van der Waals surface area contributed by atoms with E-state index in [1.54, 1.807) is 6.20 Å². The van der Waals surface area contributed by atoms with Crippen molar-refractivity contribution >= 4 is 38.8 Å². The molecule has 0 bridgehead atoms. The summed E-state index contributed by atoms with van der Waals surface area (Å²) in [6, 6.07) is 23.3. The van der Waals surface area contributed by atoms with Crippen LogP contribution in [0.3, 0.4) is 0 Å². The van der Waals surface area contributed by atoms with Gasteiger partial charge in [-0.15, -0.1) is 17.7 Å². The fraction of sp³-hybridized carbons (Fsp3) is 0. The number of fused-ring (bicyclic) bond motifs is 6. The third-order valence-corrected chi connectivity index (χ3v) is 4.60. The Hall–Kier alpha value is -2.88. The number of para-hydroxylation sites is 3. The van der Waals surface area contributed by atoms with Crippen LogP contribution in [0.25, 0.3) is 50.1 Å². The van der Waals surface area contributed by atoms with E-state index in [0.717, 1.165) is 44.4 Å². The minimum Gasteiger partial charge on any atom is -0.476 e. The van der Waals surface area contributed by atoms with Crippen LogP contribution in [-0.2, 0) is 20.1 Å². The van der Waals surface area contributed by atoms with Crippen molar-refractivity contribution in [3.05, 3.63) is 72.9 Å². The van der Waals surface area contributed by atoms with Gasteiger partial charge in [0, 0.05) is 20.1 Å². The Morgan fingerprint density at radius 3 is 2.58 bits per heavy atom. The van der Waals surface area contributed by atoms with Gasteiger partial charge in [0.25, 0.3) is 0 Å². The van der Waals surface area contributed by atoms with Gasteiger partial charge in [0.15, 0.2) is 5.58 Å². The first-order valence-electron chi connectivity index (χ1n) is 8.07. The minimum absolute atomic E-state index is 0. The molecular weight excluding hydrogens is 504 g/mol. The summed E-state index contributed by atoms with van der Waals surface area (Å²) in [5.41, 5.74) is 5.13. The standard InChI is InChI=1S/C21H11N2O2.Ir/c1-3-7-17-14(5-1)15-10-9-13(11-19(15)24-17)21-22-12-20-23(21)16-6-2-4-8-18(16)25-20;/h1-8,10-12H;/q-1;. The van der Waals surface area contributed by atoms with Crippen LogP contribution < -0.4 is 0 Å². The number of aromatic nitrogens is 2. The fourth-order valence-corrected chi connectivity index (χ4v) is 3.46. The van der Waals surface area contributed by atoms with Gasteiger partial charge in [-0.1, -0.05) is 41.8 Å². The first kappa shape index (κ1) is 15.4. The van der Waals surface area contributed by atoms with Crippen molar-refractivity contribution in [3.63, 3.8) is 0 Å². The molecule has 3 aromatic heterocycles. The Morgan fingerprint density at radius 2 is 1.65 bits per heavy atom. The monoisotopic (exact) mass is 516 g/mol. The molecule has 0 aliphatic rings. The molecule has 0 fully saturated rings. The van der Waals surface area contributed by atoms with E-state index < -0.39 is 0 Å². The second-order valence-corrected chi connectivity index (χ2v) is 6.05. The van der Waals surface area contributed by atoms with Crippen LogP contribution in [0.2, 0.25) is 0 Å². The van der Waals surface area contributed by atoms with E-state index in [-0.39, 0.29) is 20.1 Å². The molecule has 3 heterocycles. The molecule has 0 amide bonds. The molecule has 5 heteroatoms. The smallest absolute Gasteiger partial charge is 0.215 e. The summed E-state index contributed by atoms with van der Waals surface area (Å²) in [4.78, 5) is 4.53. The second kappa shape index (κ2) is 5.56. The normalized spacial score (nSPS) is 11.5. The second-order valence-electron chi connectivity index (χ2n) is 6.05. The molecule has 6 aromatic rings. The van der Waals surface area contributed by atoms with Crippen LogP contribution in [0, 0.1) is 6.07 Å². The molecule has 26 heavy (non-hydrogen) atoms. The molecule has 0 atom stereocenters. The third kappa shape index (κ3) is 2.02. The molecule has 0 saturated carbocycles. The largest absolute Gasteiger partial charge is 0.476 e. The van der Waals surface area contributed by atoms with E-state index in [0.29, 0.717) is 5.71 Å². The zero-order valence-corrected chi connectivity index (χ0v) is 15.8. The minimum atomic E-state index is 0. The zero-order valence-electron chi connectivity index (χ0n) is 13.4. The maximum absolute atomic E-state index is 5.99. The quantitative estimate of drug-likeness (QED) is 0.274. The Labute approximate surface area is 161 Å². The van der Waals surface area contributed by atoms with Gasteiger partial charge in [0.1, 0.15) is 5.58 Å². The summed E-state index contributed by atoms with van der Waals surface area (Å²) in [6.45, 7) is 0. The zero-order chi connectivity index (χ0) is 16.4. The predicted octanol–water partition coefficient (Wildman–Crippen LogP) is 5.44. The van der Waals surface area contributed by atoms with Crippen LogP contribution in [0.5, 0.6) is 0 Å². The number of oxazole rings is 1. The first-order valence-corrected chi connectivity index (χ1v) is 8.07. The van der Waals surface area contributed by atoms with Gasteiger partial charge in [0.05, 0.1) is 23.1 Å². The van der Waals surface area contributed by atoms with E-state index in [1.807, 2.05) is 59.0 Å². The van der Waals surface area contributed by atoms with Gasteiger partial charge >= 0.3 is 0 Å². The average Bonchev–Trinajstić information content (AvgIpc) is 3.32. The molecule has 0 spiro atoms. The van der Waals surface area contributed by atoms with Crippen molar-refractivity contribution in [1.29, 1.82) is 0 Å². The van der Waals surface area contributed by atoms with Gasteiger partial charge in [-0.3, -0.25) is 4.98 Å². The summed E-state index contributed by atoms with van der Waals surface area (Å²) < 4.78 is 13.9. The molecule has 4 nitrogen and oxygen atoms in total.